The first kappa shape index (κ1) is 22.2. The van der Waals surface area contributed by atoms with E-state index >= 15 is 0 Å². The Kier molecular flexibility index (Phi) is 6.46. The van der Waals surface area contributed by atoms with Gasteiger partial charge in [0.2, 0.25) is 0 Å². The summed E-state index contributed by atoms with van der Waals surface area (Å²) in [6, 6.07) is 15.3. The Labute approximate surface area is 192 Å². The molecule has 2 heterocycles. The molecule has 0 radical (unpaired) electrons. The fourth-order valence-electron chi connectivity index (χ4n) is 3.24. The molecule has 0 amide bonds. The second-order valence-corrected chi connectivity index (χ2v) is 7.59. The zero-order valence-corrected chi connectivity index (χ0v) is 18.8. The second-order valence-electron chi connectivity index (χ2n) is 7.59. The summed E-state index contributed by atoms with van der Waals surface area (Å²) in [5.74, 6) is 1.13. The minimum Gasteiger partial charge on any atom is -0.490 e. The van der Waals surface area contributed by atoms with Gasteiger partial charge in [-0.1, -0.05) is 43.0 Å². The maximum absolute atomic E-state index is 9.06. The van der Waals surface area contributed by atoms with Crippen molar-refractivity contribution in [3.8, 4) is 40.0 Å². The lowest BCUT2D eigenvalue weighted by Crippen LogP contribution is -2.08. The van der Waals surface area contributed by atoms with E-state index in [1.165, 1.54) is 0 Å². The maximum Gasteiger partial charge on any atom is 0.268 e. The normalized spacial score (nSPS) is 10.8. The van der Waals surface area contributed by atoms with E-state index in [9.17, 15) is 0 Å². The number of aliphatic hydroxyl groups is 1. The molecule has 8 nitrogen and oxygen atoms in total. The van der Waals surface area contributed by atoms with Gasteiger partial charge in [0, 0.05) is 25.4 Å². The number of nitrogens with zero attached hydrogens (tertiary/aromatic N) is 5. The van der Waals surface area contributed by atoms with E-state index in [0.29, 0.717) is 34.3 Å². The molecule has 0 saturated carbocycles. The standard InChI is InChI=1S/C25H25N5O3/c1-16-23(25-29-28-24(33-25)20-7-5-6-8-22(20)32-14-13-31)27-21(15-26-16)19-11-9-18(10-12-19)17(2)30(3)4/h5-12,15,31H,2,13-14H2,1,3-4H3. The Morgan fingerprint density at radius 2 is 1.79 bits per heavy atom. The van der Waals surface area contributed by atoms with Crippen molar-refractivity contribution in [2.75, 3.05) is 27.3 Å². The van der Waals surface area contributed by atoms with Gasteiger partial charge in [0.15, 0.2) is 0 Å². The summed E-state index contributed by atoms with van der Waals surface area (Å²) < 4.78 is 11.5. The third kappa shape index (κ3) is 4.75. The zero-order valence-electron chi connectivity index (χ0n) is 18.8. The van der Waals surface area contributed by atoms with Crippen LogP contribution in [0.15, 0.2) is 65.7 Å². The Morgan fingerprint density at radius 1 is 1.06 bits per heavy atom. The summed E-state index contributed by atoms with van der Waals surface area (Å²) in [5, 5.41) is 17.4. The van der Waals surface area contributed by atoms with Crippen LogP contribution in [-0.2, 0) is 0 Å². The van der Waals surface area contributed by atoms with Gasteiger partial charge >= 0.3 is 0 Å². The van der Waals surface area contributed by atoms with Gasteiger partial charge in [-0.15, -0.1) is 10.2 Å². The quantitative estimate of drug-likeness (QED) is 0.435. The molecule has 2 aromatic carbocycles. The molecular weight excluding hydrogens is 418 g/mol. The van der Waals surface area contributed by atoms with Crippen LogP contribution < -0.4 is 4.74 Å². The molecule has 2 aromatic heterocycles. The Bertz CT molecular complexity index is 1270. The molecule has 0 spiro atoms. The number of hydrogen-bond donors (Lipinski definition) is 1. The number of rotatable bonds is 8. The highest BCUT2D eigenvalue weighted by Crippen LogP contribution is 2.32. The lowest BCUT2D eigenvalue weighted by molar-refractivity contribution is 0.201. The fourth-order valence-corrected chi connectivity index (χ4v) is 3.24. The van der Waals surface area contributed by atoms with E-state index in [4.69, 9.17) is 19.2 Å². The number of aromatic nitrogens is 4. The van der Waals surface area contributed by atoms with Crippen molar-refractivity contribution in [2.45, 2.75) is 6.92 Å². The average Bonchev–Trinajstić information content (AvgIpc) is 3.32. The predicted octanol–water partition coefficient (Wildman–Crippen LogP) is 4.07. The first-order valence-corrected chi connectivity index (χ1v) is 10.5. The number of para-hydroxylation sites is 1. The van der Waals surface area contributed by atoms with Gasteiger partial charge in [-0.3, -0.25) is 4.98 Å². The smallest absolute Gasteiger partial charge is 0.268 e. The van der Waals surface area contributed by atoms with Crippen LogP contribution in [0.1, 0.15) is 11.3 Å². The molecule has 4 rings (SSSR count). The van der Waals surface area contributed by atoms with Gasteiger partial charge in [0.05, 0.1) is 29.8 Å². The van der Waals surface area contributed by atoms with Crippen LogP contribution in [0.5, 0.6) is 5.75 Å². The highest BCUT2D eigenvalue weighted by Gasteiger charge is 2.18. The lowest BCUT2D eigenvalue weighted by atomic mass is 10.1. The van der Waals surface area contributed by atoms with Crippen LogP contribution in [0, 0.1) is 6.92 Å². The van der Waals surface area contributed by atoms with Crippen molar-refractivity contribution >= 4 is 5.70 Å². The predicted molar refractivity (Wildman–Crippen MR) is 126 cm³/mol. The summed E-state index contributed by atoms with van der Waals surface area (Å²) >= 11 is 0. The van der Waals surface area contributed by atoms with Gasteiger partial charge in [-0.05, 0) is 24.6 Å². The number of benzene rings is 2. The molecule has 0 atom stereocenters. The van der Waals surface area contributed by atoms with Crippen molar-refractivity contribution in [1.82, 2.24) is 25.1 Å². The summed E-state index contributed by atoms with van der Waals surface area (Å²) in [6.07, 6.45) is 1.73. The first-order valence-electron chi connectivity index (χ1n) is 10.5. The van der Waals surface area contributed by atoms with Crippen molar-refractivity contribution in [2.24, 2.45) is 0 Å². The van der Waals surface area contributed by atoms with Crippen LogP contribution in [-0.4, -0.2) is 57.5 Å². The van der Waals surface area contributed by atoms with Gasteiger partial charge < -0.3 is 19.2 Å². The maximum atomic E-state index is 9.06. The summed E-state index contributed by atoms with van der Waals surface area (Å²) in [5.41, 5.74) is 5.42. The third-order valence-corrected chi connectivity index (χ3v) is 5.10. The molecule has 0 unspecified atom stereocenters. The van der Waals surface area contributed by atoms with Gasteiger partial charge in [-0.2, -0.15) is 0 Å². The topological polar surface area (TPSA) is 97.4 Å². The first-order chi connectivity index (χ1) is 16.0. The molecular formula is C25H25N5O3. The van der Waals surface area contributed by atoms with Gasteiger partial charge in [0.25, 0.3) is 11.8 Å². The molecule has 0 aliphatic heterocycles. The van der Waals surface area contributed by atoms with Crippen LogP contribution in [0.25, 0.3) is 40.0 Å². The molecule has 33 heavy (non-hydrogen) atoms. The number of aryl methyl sites for hydroxylation is 1. The Balaban J connectivity index is 1.65. The van der Waals surface area contributed by atoms with Gasteiger partial charge in [0.1, 0.15) is 18.1 Å². The minimum atomic E-state index is -0.0881. The number of hydrogen-bond acceptors (Lipinski definition) is 8. The molecule has 0 fully saturated rings. The monoisotopic (exact) mass is 443 g/mol. The third-order valence-electron chi connectivity index (χ3n) is 5.10. The fraction of sp³-hybridized carbons (Fsp3) is 0.200. The molecule has 168 valence electrons. The van der Waals surface area contributed by atoms with E-state index in [1.54, 1.807) is 12.3 Å². The van der Waals surface area contributed by atoms with Crippen molar-refractivity contribution in [1.29, 1.82) is 0 Å². The van der Waals surface area contributed by atoms with E-state index in [1.807, 2.05) is 68.4 Å². The summed E-state index contributed by atoms with van der Waals surface area (Å²) in [4.78, 5) is 11.2. The molecule has 0 aliphatic carbocycles. The average molecular weight is 444 g/mol. The minimum absolute atomic E-state index is 0.0881. The lowest BCUT2D eigenvalue weighted by Gasteiger charge is -2.16. The van der Waals surface area contributed by atoms with Crippen molar-refractivity contribution in [3.05, 3.63) is 72.6 Å². The Morgan fingerprint density at radius 3 is 2.52 bits per heavy atom. The Hall–Kier alpha value is -4.04. The van der Waals surface area contributed by atoms with Crippen molar-refractivity contribution in [3.63, 3.8) is 0 Å². The van der Waals surface area contributed by atoms with Crippen LogP contribution in [0.3, 0.4) is 0 Å². The summed E-state index contributed by atoms with van der Waals surface area (Å²) in [7, 11) is 3.92. The number of aliphatic hydroxyl groups excluding tert-OH is 1. The zero-order chi connectivity index (χ0) is 23.4. The molecule has 1 N–H and O–H groups in total. The summed E-state index contributed by atoms with van der Waals surface area (Å²) in [6.45, 7) is 6.02. The van der Waals surface area contributed by atoms with Crippen molar-refractivity contribution < 1.29 is 14.3 Å². The van der Waals surface area contributed by atoms with E-state index in [2.05, 4.69) is 21.8 Å². The van der Waals surface area contributed by atoms with E-state index < -0.39 is 0 Å². The molecule has 0 aliphatic rings. The van der Waals surface area contributed by atoms with E-state index in [-0.39, 0.29) is 19.1 Å². The highest BCUT2D eigenvalue weighted by molar-refractivity contribution is 5.68. The van der Waals surface area contributed by atoms with Crippen LogP contribution >= 0.6 is 0 Å². The van der Waals surface area contributed by atoms with Gasteiger partial charge in [-0.25, -0.2) is 4.98 Å². The molecule has 0 saturated heterocycles. The molecule has 0 bridgehead atoms. The van der Waals surface area contributed by atoms with Crippen LogP contribution in [0.2, 0.25) is 0 Å². The largest absolute Gasteiger partial charge is 0.490 e. The number of ether oxygens (including phenoxy) is 1. The molecule has 4 aromatic rings. The second kappa shape index (κ2) is 9.62. The van der Waals surface area contributed by atoms with E-state index in [0.717, 1.165) is 16.8 Å². The molecule has 8 heteroatoms. The highest BCUT2D eigenvalue weighted by atomic mass is 16.5. The SMILES string of the molecule is C=C(c1ccc(-c2cnc(C)c(-c3nnc(-c4ccccc4OCCO)o3)n2)cc1)N(C)C. The van der Waals surface area contributed by atoms with Crippen LogP contribution in [0.4, 0.5) is 0 Å².